The Bertz CT molecular complexity index is 1490. The standard InChI is InChI=1S/C28H33N5O7/c1-5-16(2)30-23(35)15-33-14-8-10-20(28(33)39)32-25(36)19(12-13-21(34)26(37)29-4)31-27(38)24-17(3)18-9-6-7-11-22(18)40-24/h6-11,14,16,19H,5,12-13,15H2,1-4H3,(H,29,37)(H,30,35)(H,31,38)(H,32,36). The molecule has 0 aliphatic heterocycles. The van der Waals surface area contributed by atoms with Gasteiger partial charge in [-0.2, -0.15) is 0 Å². The van der Waals surface area contributed by atoms with E-state index in [2.05, 4.69) is 21.3 Å². The summed E-state index contributed by atoms with van der Waals surface area (Å²) in [5.41, 5.74) is 0.300. The molecule has 212 valence electrons. The number of furan rings is 1. The van der Waals surface area contributed by atoms with Crippen molar-refractivity contribution in [3.63, 3.8) is 0 Å². The molecule has 3 rings (SSSR count). The van der Waals surface area contributed by atoms with Crippen molar-refractivity contribution in [3.8, 4) is 0 Å². The first-order chi connectivity index (χ1) is 19.0. The number of nitrogens with zero attached hydrogens (tertiary/aromatic N) is 1. The summed E-state index contributed by atoms with van der Waals surface area (Å²) < 4.78 is 6.83. The van der Waals surface area contributed by atoms with E-state index in [-0.39, 0.29) is 42.8 Å². The molecular weight excluding hydrogens is 518 g/mol. The second-order valence-electron chi connectivity index (χ2n) is 9.34. The first kappa shape index (κ1) is 29.8. The molecular formula is C28H33N5O7. The molecule has 0 spiro atoms. The minimum Gasteiger partial charge on any atom is -0.451 e. The van der Waals surface area contributed by atoms with Crippen molar-refractivity contribution in [2.45, 2.75) is 58.7 Å². The molecule has 0 radical (unpaired) electrons. The van der Waals surface area contributed by atoms with Gasteiger partial charge in [-0.15, -0.1) is 0 Å². The van der Waals surface area contributed by atoms with Crippen LogP contribution in [-0.2, 0) is 25.7 Å². The molecule has 0 saturated carbocycles. The van der Waals surface area contributed by atoms with E-state index in [0.717, 1.165) is 16.4 Å². The molecule has 12 nitrogen and oxygen atoms in total. The SMILES string of the molecule is CCC(C)NC(=O)Cn1cccc(NC(=O)C(CCC(=O)C(=O)NC)NC(=O)c2oc3ccccc3c2C)c1=O. The maximum atomic E-state index is 13.3. The average Bonchev–Trinajstić information content (AvgIpc) is 3.28. The topological polar surface area (TPSA) is 169 Å². The van der Waals surface area contributed by atoms with E-state index < -0.39 is 35.1 Å². The van der Waals surface area contributed by atoms with Crippen molar-refractivity contribution >= 4 is 46.1 Å². The maximum absolute atomic E-state index is 13.3. The minimum absolute atomic E-state index is 0.00832. The summed E-state index contributed by atoms with van der Waals surface area (Å²) in [7, 11) is 1.31. The molecule has 3 aromatic rings. The van der Waals surface area contributed by atoms with Gasteiger partial charge in [-0.25, -0.2) is 0 Å². The lowest BCUT2D eigenvalue weighted by Crippen LogP contribution is -2.45. The van der Waals surface area contributed by atoms with E-state index in [9.17, 15) is 28.8 Å². The molecule has 0 aliphatic rings. The lowest BCUT2D eigenvalue weighted by Gasteiger charge is -2.18. The van der Waals surface area contributed by atoms with Crippen LogP contribution in [0.25, 0.3) is 11.0 Å². The van der Waals surface area contributed by atoms with Crippen molar-refractivity contribution in [2.75, 3.05) is 12.4 Å². The summed E-state index contributed by atoms with van der Waals surface area (Å²) in [6.07, 6.45) is 1.58. The number of hydrogen-bond acceptors (Lipinski definition) is 7. The molecule has 12 heteroatoms. The number of para-hydroxylation sites is 1. The number of rotatable bonds is 12. The van der Waals surface area contributed by atoms with Gasteiger partial charge in [-0.3, -0.25) is 28.8 Å². The maximum Gasteiger partial charge on any atom is 0.287 e. The van der Waals surface area contributed by atoms with Gasteiger partial charge in [0.15, 0.2) is 5.76 Å². The van der Waals surface area contributed by atoms with Gasteiger partial charge in [0.2, 0.25) is 17.6 Å². The van der Waals surface area contributed by atoms with Gasteiger partial charge in [-0.05, 0) is 44.9 Å². The molecule has 0 fully saturated rings. The van der Waals surface area contributed by atoms with Crippen molar-refractivity contribution in [2.24, 2.45) is 0 Å². The average molecular weight is 552 g/mol. The number of benzene rings is 1. The predicted octanol–water partition coefficient (Wildman–Crippen LogP) is 1.65. The molecule has 2 heterocycles. The Hall–Kier alpha value is -4.74. The number of amides is 4. The van der Waals surface area contributed by atoms with Crippen LogP contribution in [0.4, 0.5) is 5.69 Å². The van der Waals surface area contributed by atoms with Gasteiger partial charge in [0, 0.05) is 36.7 Å². The number of pyridine rings is 1. The molecule has 4 amide bonds. The number of anilines is 1. The number of aromatic nitrogens is 1. The predicted molar refractivity (Wildman–Crippen MR) is 148 cm³/mol. The third kappa shape index (κ3) is 7.22. The van der Waals surface area contributed by atoms with Gasteiger partial charge in [0.1, 0.15) is 23.9 Å². The van der Waals surface area contributed by atoms with Gasteiger partial charge in [0.25, 0.3) is 17.4 Å². The van der Waals surface area contributed by atoms with Crippen molar-refractivity contribution in [1.82, 2.24) is 20.5 Å². The summed E-state index contributed by atoms with van der Waals surface area (Å²) in [5, 5.41) is 10.8. The molecule has 0 saturated heterocycles. The highest BCUT2D eigenvalue weighted by Crippen LogP contribution is 2.25. The minimum atomic E-state index is -1.30. The fourth-order valence-corrected chi connectivity index (χ4v) is 3.97. The number of carbonyl (C=O) groups excluding carboxylic acids is 5. The smallest absolute Gasteiger partial charge is 0.287 e. The lowest BCUT2D eigenvalue weighted by molar-refractivity contribution is -0.137. The molecule has 2 aromatic heterocycles. The first-order valence-electron chi connectivity index (χ1n) is 12.9. The van der Waals surface area contributed by atoms with Crippen LogP contribution in [0.1, 0.15) is 49.2 Å². The van der Waals surface area contributed by atoms with E-state index >= 15 is 0 Å². The summed E-state index contributed by atoms with van der Waals surface area (Å²) in [6.45, 7) is 5.21. The van der Waals surface area contributed by atoms with Gasteiger partial charge >= 0.3 is 0 Å². The Balaban J connectivity index is 1.82. The van der Waals surface area contributed by atoms with E-state index in [0.29, 0.717) is 11.1 Å². The number of likely N-dealkylation sites (N-methyl/N-ethyl adjacent to an activating group) is 1. The van der Waals surface area contributed by atoms with Crippen LogP contribution >= 0.6 is 0 Å². The van der Waals surface area contributed by atoms with Crippen LogP contribution < -0.4 is 26.8 Å². The normalized spacial score (nSPS) is 12.3. The van der Waals surface area contributed by atoms with Gasteiger partial charge in [0.05, 0.1) is 0 Å². The van der Waals surface area contributed by atoms with E-state index in [1.165, 1.54) is 25.4 Å². The fourth-order valence-electron chi connectivity index (χ4n) is 3.97. The molecule has 1 aromatic carbocycles. The molecule has 4 N–H and O–H groups in total. The summed E-state index contributed by atoms with van der Waals surface area (Å²) in [6, 6.07) is 8.55. The van der Waals surface area contributed by atoms with Gasteiger partial charge < -0.3 is 30.3 Å². The van der Waals surface area contributed by atoms with Crippen LogP contribution in [0.2, 0.25) is 0 Å². The van der Waals surface area contributed by atoms with Gasteiger partial charge in [-0.1, -0.05) is 25.1 Å². The number of ketones is 1. The Morgan fingerprint density at radius 3 is 2.42 bits per heavy atom. The van der Waals surface area contributed by atoms with Crippen LogP contribution in [-0.4, -0.2) is 53.1 Å². The third-order valence-corrected chi connectivity index (χ3v) is 6.42. The van der Waals surface area contributed by atoms with Crippen molar-refractivity contribution < 1.29 is 28.4 Å². The highest BCUT2D eigenvalue weighted by Gasteiger charge is 2.27. The number of fused-ring (bicyclic) bond motifs is 1. The highest BCUT2D eigenvalue weighted by atomic mass is 16.3. The second kappa shape index (κ2) is 13.4. The lowest BCUT2D eigenvalue weighted by atomic mass is 10.1. The molecule has 2 atom stereocenters. The molecule has 0 bridgehead atoms. The first-order valence-corrected chi connectivity index (χ1v) is 12.9. The highest BCUT2D eigenvalue weighted by molar-refractivity contribution is 6.36. The number of Topliss-reactive ketones (excluding diaryl/α,β-unsaturated/α-hetero) is 1. The monoisotopic (exact) mass is 551 g/mol. The van der Waals surface area contributed by atoms with E-state index in [4.69, 9.17) is 4.42 Å². The van der Waals surface area contributed by atoms with Crippen LogP contribution in [0.3, 0.4) is 0 Å². The summed E-state index contributed by atoms with van der Waals surface area (Å²) in [4.78, 5) is 75.4. The number of aryl methyl sites for hydroxylation is 1. The number of carbonyl (C=O) groups is 5. The van der Waals surface area contributed by atoms with Crippen LogP contribution in [0.5, 0.6) is 0 Å². The summed E-state index contributed by atoms with van der Waals surface area (Å²) in [5.74, 6) is -3.46. The fraction of sp³-hybridized carbons (Fsp3) is 0.357. The molecule has 40 heavy (non-hydrogen) atoms. The Morgan fingerprint density at radius 2 is 1.75 bits per heavy atom. The van der Waals surface area contributed by atoms with E-state index in [1.54, 1.807) is 31.2 Å². The van der Waals surface area contributed by atoms with Crippen LogP contribution in [0, 0.1) is 6.92 Å². The zero-order chi connectivity index (χ0) is 29.4. The number of nitrogens with one attached hydrogen (secondary N) is 4. The number of hydrogen-bond donors (Lipinski definition) is 4. The Morgan fingerprint density at radius 1 is 1.02 bits per heavy atom. The van der Waals surface area contributed by atoms with E-state index in [1.807, 2.05) is 13.8 Å². The third-order valence-electron chi connectivity index (χ3n) is 6.42. The zero-order valence-electron chi connectivity index (χ0n) is 22.8. The summed E-state index contributed by atoms with van der Waals surface area (Å²) >= 11 is 0. The quantitative estimate of drug-likeness (QED) is 0.248. The second-order valence-corrected chi connectivity index (χ2v) is 9.34. The van der Waals surface area contributed by atoms with Crippen LogP contribution in [0.15, 0.2) is 51.8 Å². The largest absolute Gasteiger partial charge is 0.451 e. The van der Waals surface area contributed by atoms with Crippen molar-refractivity contribution in [1.29, 1.82) is 0 Å². The Kier molecular flexibility index (Phi) is 9.96. The van der Waals surface area contributed by atoms with Crippen molar-refractivity contribution in [3.05, 3.63) is 64.3 Å². The molecule has 0 aliphatic carbocycles. The Labute approximate surface area is 230 Å². The zero-order valence-corrected chi connectivity index (χ0v) is 22.8. The molecule has 2 unspecified atom stereocenters.